The molecule has 0 aliphatic carbocycles. The molecule has 0 saturated carbocycles. The molecule has 5 nitrogen and oxygen atoms in total. The monoisotopic (exact) mass is 267 g/mol. The Morgan fingerprint density at radius 3 is 3.05 bits per heavy atom. The number of benzene rings is 1. The first kappa shape index (κ1) is 12.3. The number of carbonyl (C=O) groups excluding carboxylic acids is 2. The van der Waals surface area contributed by atoms with Crippen LogP contribution < -0.4 is 10.6 Å². The quantitative estimate of drug-likeness (QED) is 0.885. The highest BCUT2D eigenvalue weighted by Gasteiger charge is 2.18. The lowest BCUT2D eigenvalue weighted by Gasteiger charge is -2.06. The Bertz CT molecular complexity index is 668. The van der Waals surface area contributed by atoms with Crippen molar-refractivity contribution >= 4 is 17.5 Å². The molecule has 1 aliphatic rings. The van der Waals surface area contributed by atoms with Crippen LogP contribution in [0.5, 0.6) is 0 Å². The lowest BCUT2D eigenvalue weighted by atomic mass is 10.1. The molecule has 0 unspecified atom stereocenters. The summed E-state index contributed by atoms with van der Waals surface area (Å²) in [5.74, 6) is -0.203. The van der Waals surface area contributed by atoms with Crippen LogP contribution in [-0.4, -0.2) is 16.8 Å². The first-order valence-electron chi connectivity index (χ1n) is 6.32. The number of fused-ring (bicyclic) bond motifs is 1. The third-order valence-electron chi connectivity index (χ3n) is 3.17. The molecule has 1 aromatic carbocycles. The van der Waals surface area contributed by atoms with Crippen molar-refractivity contribution in [3.63, 3.8) is 0 Å². The fourth-order valence-electron chi connectivity index (χ4n) is 2.14. The van der Waals surface area contributed by atoms with E-state index < -0.39 is 0 Å². The number of aromatic nitrogens is 1. The van der Waals surface area contributed by atoms with E-state index in [9.17, 15) is 9.59 Å². The number of anilines is 1. The lowest BCUT2D eigenvalue weighted by Crippen LogP contribution is -2.22. The van der Waals surface area contributed by atoms with Gasteiger partial charge in [0.25, 0.3) is 5.91 Å². The van der Waals surface area contributed by atoms with Gasteiger partial charge in [0.2, 0.25) is 5.91 Å². The van der Waals surface area contributed by atoms with E-state index in [2.05, 4.69) is 15.6 Å². The minimum atomic E-state index is -0.169. The smallest absolute Gasteiger partial charge is 0.251 e. The normalized spacial score (nSPS) is 12.7. The summed E-state index contributed by atoms with van der Waals surface area (Å²) < 4.78 is 0. The highest BCUT2D eigenvalue weighted by atomic mass is 16.2. The van der Waals surface area contributed by atoms with Crippen molar-refractivity contribution in [1.29, 1.82) is 0 Å². The highest BCUT2D eigenvalue weighted by molar-refractivity contribution is 6.02. The van der Waals surface area contributed by atoms with Gasteiger partial charge in [0.1, 0.15) is 0 Å². The van der Waals surface area contributed by atoms with Crippen LogP contribution in [0, 0.1) is 0 Å². The second kappa shape index (κ2) is 5.13. The summed E-state index contributed by atoms with van der Waals surface area (Å²) in [5.41, 5.74) is 3.13. The molecule has 2 heterocycles. The van der Waals surface area contributed by atoms with Gasteiger partial charge in [-0.25, -0.2) is 0 Å². The summed E-state index contributed by atoms with van der Waals surface area (Å²) in [6, 6.07) is 8.98. The first-order chi connectivity index (χ1) is 9.72. The van der Waals surface area contributed by atoms with Gasteiger partial charge >= 0.3 is 0 Å². The van der Waals surface area contributed by atoms with Gasteiger partial charge in [-0.15, -0.1) is 0 Å². The van der Waals surface area contributed by atoms with Crippen LogP contribution in [0.25, 0.3) is 0 Å². The van der Waals surface area contributed by atoms with Crippen LogP contribution in [0.2, 0.25) is 0 Å². The molecule has 1 aliphatic heterocycles. The van der Waals surface area contributed by atoms with Crippen molar-refractivity contribution < 1.29 is 9.59 Å². The van der Waals surface area contributed by atoms with E-state index in [1.54, 1.807) is 24.5 Å². The molecular weight excluding hydrogens is 254 g/mol. The average molecular weight is 267 g/mol. The van der Waals surface area contributed by atoms with Gasteiger partial charge in [0, 0.05) is 30.2 Å². The molecule has 0 spiro atoms. The molecule has 20 heavy (non-hydrogen) atoms. The standard InChI is InChI=1S/C15H13N3O2/c19-14-7-11-3-4-12(6-13(11)18-14)15(20)17-9-10-2-1-5-16-8-10/h1-6,8H,7,9H2,(H,17,20)(H,18,19). The molecule has 2 aromatic rings. The summed E-state index contributed by atoms with van der Waals surface area (Å²) >= 11 is 0. The van der Waals surface area contributed by atoms with Crippen molar-refractivity contribution in [3.05, 3.63) is 59.4 Å². The molecule has 1 aromatic heterocycles. The van der Waals surface area contributed by atoms with E-state index >= 15 is 0 Å². The molecule has 0 atom stereocenters. The summed E-state index contributed by atoms with van der Waals surface area (Å²) in [6.45, 7) is 0.427. The van der Waals surface area contributed by atoms with E-state index in [1.165, 1.54) is 0 Å². The maximum Gasteiger partial charge on any atom is 0.251 e. The number of nitrogens with zero attached hydrogens (tertiary/aromatic N) is 1. The average Bonchev–Trinajstić information content (AvgIpc) is 2.85. The zero-order valence-electron chi connectivity index (χ0n) is 10.7. The van der Waals surface area contributed by atoms with Gasteiger partial charge < -0.3 is 10.6 Å². The van der Waals surface area contributed by atoms with Gasteiger partial charge in [0.15, 0.2) is 0 Å². The van der Waals surface area contributed by atoms with E-state index in [1.807, 2.05) is 18.2 Å². The van der Waals surface area contributed by atoms with Crippen molar-refractivity contribution in [2.45, 2.75) is 13.0 Å². The van der Waals surface area contributed by atoms with Gasteiger partial charge in [-0.1, -0.05) is 12.1 Å². The number of amides is 2. The summed E-state index contributed by atoms with van der Waals surface area (Å²) in [5, 5.41) is 5.56. The molecule has 0 bridgehead atoms. The fraction of sp³-hybridized carbons (Fsp3) is 0.133. The number of nitrogens with one attached hydrogen (secondary N) is 2. The molecular formula is C15H13N3O2. The summed E-state index contributed by atoms with van der Waals surface area (Å²) in [4.78, 5) is 27.3. The zero-order valence-corrected chi connectivity index (χ0v) is 10.7. The van der Waals surface area contributed by atoms with Gasteiger partial charge in [0.05, 0.1) is 6.42 Å². The Labute approximate surface area is 116 Å². The molecule has 0 radical (unpaired) electrons. The fourth-order valence-corrected chi connectivity index (χ4v) is 2.14. The third-order valence-corrected chi connectivity index (χ3v) is 3.17. The first-order valence-corrected chi connectivity index (χ1v) is 6.32. The predicted octanol–water partition coefficient (Wildman–Crippen LogP) is 1.51. The Kier molecular flexibility index (Phi) is 3.16. The minimum Gasteiger partial charge on any atom is -0.348 e. The van der Waals surface area contributed by atoms with Crippen LogP contribution >= 0.6 is 0 Å². The van der Waals surface area contributed by atoms with Crippen molar-refractivity contribution in [3.8, 4) is 0 Å². The number of carbonyl (C=O) groups is 2. The zero-order chi connectivity index (χ0) is 13.9. The maximum absolute atomic E-state index is 12.1. The van der Waals surface area contributed by atoms with Crippen molar-refractivity contribution in [2.75, 3.05) is 5.32 Å². The Morgan fingerprint density at radius 1 is 1.35 bits per heavy atom. The lowest BCUT2D eigenvalue weighted by molar-refractivity contribution is -0.115. The van der Waals surface area contributed by atoms with Crippen LogP contribution in [0.15, 0.2) is 42.7 Å². The van der Waals surface area contributed by atoms with Crippen LogP contribution in [-0.2, 0) is 17.8 Å². The Hall–Kier alpha value is -2.69. The minimum absolute atomic E-state index is 0.0343. The van der Waals surface area contributed by atoms with Gasteiger partial charge in [-0.05, 0) is 29.3 Å². The van der Waals surface area contributed by atoms with E-state index in [0.29, 0.717) is 18.5 Å². The van der Waals surface area contributed by atoms with E-state index in [0.717, 1.165) is 16.8 Å². The predicted molar refractivity (Wildman–Crippen MR) is 74.2 cm³/mol. The van der Waals surface area contributed by atoms with Crippen LogP contribution in [0.3, 0.4) is 0 Å². The van der Waals surface area contributed by atoms with Crippen molar-refractivity contribution in [2.24, 2.45) is 0 Å². The SMILES string of the molecule is O=C1Cc2ccc(C(=O)NCc3cccnc3)cc2N1. The summed E-state index contributed by atoms with van der Waals surface area (Å²) in [7, 11) is 0. The molecule has 0 saturated heterocycles. The topological polar surface area (TPSA) is 71.1 Å². The molecule has 100 valence electrons. The molecule has 2 N–H and O–H groups in total. The van der Waals surface area contributed by atoms with Crippen LogP contribution in [0.1, 0.15) is 21.5 Å². The Morgan fingerprint density at radius 2 is 2.25 bits per heavy atom. The number of hydrogen-bond donors (Lipinski definition) is 2. The van der Waals surface area contributed by atoms with Gasteiger partial charge in [-0.2, -0.15) is 0 Å². The van der Waals surface area contributed by atoms with E-state index in [-0.39, 0.29) is 11.8 Å². The molecule has 2 amide bonds. The Balaban J connectivity index is 1.69. The van der Waals surface area contributed by atoms with Crippen LogP contribution in [0.4, 0.5) is 5.69 Å². The van der Waals surface area contributed by atoms with E-state index in [4.69, 9.17) is 0 Å². The number of hydrogen-bond acceptors (Lipinski definition) is 3. The molecule has 5 heteroatoms. The third kappa shape index (κ3) is 2.51. The largest absolute Gasteiger partial charge is 0.348 e. The number of pyridine rings is 1. The van der Waals surface area contributed by atoms with Crippen molar-refractivity contribution in [1.82, 2.24) is 10.3 Å². The second-order valence-electron chi connectivity index (χ2n) is 4.64. The van der Waals surface area contributed by atoms with Gasteiger partial charge in [-0.3, -0.25) is 14.6 Å². The number of rotatable bonds is 3. The second-order valence-corrected chi connectivity index (χ2v) is 4.64. The molecule has 0 fully saturated rings. The summed E-state index contributed by atoms with van der Waals surface area (Å²) in [6.07, 6.45) is 3.78. The maximum atomic E-state index is 12.1. The molecule has 3 rings (SSSR count). The highest BCUT2D eigenvalue weighted by Crippen LogP contribution is 2.23.